The molecule has 1 atom stereocenters. The lowest BCUT2D eigenvalue weighted by atomic mass is 10.0. The zero-order valence-electron chi connectivity index (χ0n) is 10.3. The van der Waals surface area contributed by atoms with Gasteiger partial charge in [0.25, 0.3) is 0 Å². The number of hydrogen-bond acceptors (Lipinski definition) is 4. The molecule has 0 saturated heterocycles. The summed E-state index contributed by atoms with van der Waals surface area (Å²) in [5.74, 6) is 0. The number of rotatable bonds is 3. The molecule has 19 heavy (non-hydrogen) atoms. The molecule has 1 heterocycles. The molecule has 1 unspecified atom stereocenters. The molecule has 1 aromatic carbocycles. The SMILES string of the molecule is CNC(c1cccc(C(F)(F)F)c1)c1snnc1C. The predicted molar refractivity (Wildman–Crippen MR) is 67.0 cm³/mol. The summed E-state index contributed by atoms with van der Waals surface area (Å²) in [7, 11) is 1.70. The first-order valence-electron chi connectivity index (χ1n) is 5.56. The molecule has 2 aromatic rings. The Balaban J connectivity index is 2.42. The summed E-state index contributed by atoms with van der Waals surface area (Å²) >= 11 is 1.19. The van der Waals surface area contributed by atoms with Gasteiger partial charge in [-0.15, -0.1) is 5.10 Å². The largest absolute Gasteiger partial charge is 0.416 e. The third kappa shape index (κ3) is 2.93. The van der Waals surface area contributed by atoms with Gasteiger partial charge in [-0.3, -0.25) is 0 Å². The van der Waals surface area contributed by atoms with Gasteiger partial charge >= 0.3 is 6.18 Å². The first kappa shape index (κ1) is 14.0. The topological polar surface area (TPSA) is 37.8 Å². The number of hydrogen-bond donors (Lipinski definition) is 1. The van der Waals surface area contributed by atoms with Crippen molar-refractivity contribution < 1.29 is 13.2 Å². The smallest absolute Gasteiger partial charge is 0.309 e. The van der Waals surface area contributed by atoms with E-state index in [-0.39, 0.29) is 6.04 Å². The maximum Gasteiger partial charge on any atom is 0.416 e. The summed E-state index contributed by atoms with van der Waals surface area (Å²) in [6.07, 6.45) is -4.34. The Morgan fingerprint density at radius 1 is 1.32 bits per heavy atom. The number of benzene rings is 1. The lowest BCUT2D eigenvalue weighted by molar-refractivity contribution is -0.137. The number of alkyl halides is 3. The van der Waals surface area contributed by atoms with Gasteiger partial charge in [-0.1, -0.05) is 16.6 Å². The molecule has 0 radical (unpaired) electrons. The van der Waals surface area contributed by atoms with Crippen LogP contribution in [0.25, 0.3) is 0 Å². The van der Waals surface area contributed by atoms with Crippen molar-refractivity contribution in [3.63, 3.8) is 0 Å². The van der Waals surface area contributed by atoms with Crippen molar-refractivity contribution in [1.29, 1.82) is 0 Å². The minimum atomic E-state index is -4.34. The highest BCUT2D eigenvalue weighted by atomic mass is 32.1. The fourth-order valence-electron chi connectivity index (χ4n) is 1.85. The zero-order chi connectivity index (χ0) is 14.0. The second-order valence-electron chi connectivity index (χ2n) is 4.07. The summed E-state index contributed by atoms with van der Waals surface area (Å²) < 4.78 is 42.0. The second kappa shape index (κ2) is 5.26. The molecule has 102 valence electrons. The van der Waals surface area contributed by atoms with Gasteiger partial charge < -0.3 is 5.32 Å². The first-order chi connectivity index (χ1) is 8.93. The Bertz CT molecular complexity index is 565. The average Bonchev–Trinajstić information content (AvgIpc) is 2.76. The van der Waals surface area contributed by atoms with E-state index in [0.717, 1.165) is 22.7 Å². The predicted octanol–water partition coefficient (Wildman–Crippen LogP) is 3.17. The van der Waals surface area contributed by atoms with Gasteiger partial charge in [-0.2, -0.15) is 13.2 Å². The monoisotopic (exact) mass is 287 g/mol. The van der Waals surface area contributed by atoms with Crippen molar-refractivity contribution in [2.75, 3.05) is 7.05 Å². The van der Waals surface area contributed by atoms with Gasteiger partial charge in [-0.25, -0.2) is 0 Å². The van der Waals surface area contributed by atoms with Gasteiger partial charge in [0.1, 0.15) is 0 Å². The summed E-state index contributed by atoms with van der Waals surface area (Å²) in [4.78, 5) is 0.821. The highest BCUT2D eigenvalue weighted by Crippen LogP contribution is 2.33. The fraction of sp³-hybridized carbons (Fsp3) is 0.333. The van der Waals surface area contributed by atoms with E-state index < -0.39 is 11.7 Å². The quantitative estimate of drug-likeness (QED) is 0.942. The Labute approximate surface area is 112 Å². The summed E-state index contributed by atoms with van der Waals surface area (Å²) in [5.41, 5.74) is 0.619. The highest BCUT2D eigenvalue weighted by molar-refractivity contribution is 7.05. The molecular weight excluding hydrogens is 275 g/mol. The number of halogens is 3. The average molecular weight is 287 g/mol. The van der Waals surface area contributed by atoms with Crippen molar-refractivity contribution in [3.05, 3.63) is 46.0 Å². The molecule has 1 aromatic heterocycles. The molecule has 7 heteroatoms. The van der Waals surface area contributed by atoms with Crippen LogP contribution >= 0.6 is 11.5 Å². The molecule has 0 amide bonds. The highest BCUT2D eigenvalue weighted by Gasteiger charge is 2.31. The number of nitrogens with one attached hydrogen (secondary N) is 1. The molecule has 0 bridgehead atoms. The van der Waals surface area contributed by atoms with E-state index in [2.05, 4.69) is 14.9 Å². The maximum atomic E-state index is 12.7. The van der Waals surface area contributed by atoms with E-state index >= 15 is 0 Å². The van der Waals surface area contributed by atoms with E-state index in [1.54, 1.807) is 20.0 Å². The molecule has 0 saturated carbocycles. The van der Waals surface area contributed by atoms with Gasteiger partial charge in [0.05, 0.1) is 22.2 Å². The summed E-state index contributed by atoms with van der Waals surface area (Å²) in [5, 5.41) is 6.89. The van der Waals surface area contributed by atoms with Crippen LogP contribution in [0, 0.1) is 6.92 Å². The van der Waals surface area contributed by atoms with E-state index in [0.29, 0.717) is 5.56 Å². The summed E-state index contributed by atoms with van der Waals surface area (Å²) in [6.45, 7) is 1.79. The molecule has 0 fully saturated rings. The Kier molecular flexibility index (Phi) is 3.86. The molecule has 2 rings (SSSR count). The van der Waals surface area contributed by atoms with Crippen molar-refractivity contribution in [1.82, 2.24) is 14.9 Å². The van der Waals surface area contributed by atoms with Crippen LogP contribution in [-0.2, 0) is 6.18 Å². The molecular formula is C12H12F3N3S. The summed E-state index contributed by atoms with van der Waals surface area (Å²) in [6, 6.07) is 4.96. The molecule has 0 spiro atoms. The van der Waals surface area contributed by atoms with Crippen molar-refractivity contribution in [2.24, 2.45) is 0 Å². The van der Waals surface area contributed by atoms with Crippen LogP contribution in [0.5, 0.6) is 0 Å². The number of aromatic nitrogens is 2. The first-order valence-corrected chi connectivity index (χ1v) is 6.34. The Morgan fingerprint density at radius 2 is 2.05 bits per heavy atom. The standard InChI is InChI=1S/C12H12F3N3S/c1-7-11(19-18-17-7)10(16-2)8-4-3-5-9(6-8)12(13,14)15/h3-6,10,16H,1-2H3. The lowest BCUT2D eigenvalue weighted by Crippen LogP contribution is -2.18. The van der Waals surface area contributed by atoms with E-state index in [1.807, 2.05) is 0 Å². The molecule has 3 nitrogen and oxygen atoms in total. The van der Waals surface area contributed by atoms with Crippen LogP contribution in [0.15, 0.2) is 24.3 Å². The maximum absolute atomic E-state index is 12.7. The fourth-order valence-corrected chi connectivity index (χ4v) is 2.63. The van der Waals surface area contributed by atoms with Gasteiger partial charge in [0.15, 0.2) is 0 Å². The van der Waals surface area contributed by atoms with Gasteiger partial charge in [-0.05, 0) is 43.2 Å². The Morgan fingerprint density at radius 3 is 2.58 bits per heavy atom. The van der Waals surface area contributed by atoms with Crippen molar-refractivity contribution in [2.45, 2.75) is 19.1 Å². The van der Waals surface area contributed by atoms with Crippen molar-refractivity contribution >= 4 is 11.5 Å². The molecule has 1 N–H and O–H groups in total. The van der Waals surface area contributed by atoms with E-state index in [9.17, 15) is 13.2 Å². The van der Waals surface area contributed by atoms with Crippen LogP contribution in [0.3, 0.4) is 0 Å². The second-order valence-corrected chi connectivity index (χ2v) is 4.85. The van der Waals surface area contributed by atoms with Crippen LogP contribution in [0.2, 0.25) is 0 Å². The van der Waals surface area contributed by atoms with Gasteiger partial charge in [0.2, 0.25) is 0 Å². The number of nitrogens with zero attached hydrogens (tertiary/aromatic N) is 2. The molecule has 0 aliphatic rings. The normalized spacial score (nSPS) is 13.5. The van der Waals surface area contributed by atoms with E-state index in [1.165, 1.54) is 17.6 Å². The van der Waals surface area contributed by atoms with Crippen LogP contribution in [0.4, 0.5) is 13.2 Å². The molecule has 0 aliphatic carbocycles. The van der Waals surface area contributed by atoms with Crippen LogP contribution in [0.1, 0.15) is 27.7 Å². The van der Waals surface area contributed by atoms with Crippen LogP contribution < -0.4 is 5.32 Å². The van der Waals surface area contributed by atoms with Gasteiger partial charge in [0, 0.05) is 0 Å². The lowest BCUT2D eigenvalue weighted by Gasteiger charge is -2.17. The minimum absolute atomic E-state index is 0.331. The minimum Gasteiger partial charge on any atom is -0.309 e. The van der Waals surface area contributed by atoms with E-state index in [4.69, 9.17) is 0 Å². The third-order valence-corrected chi connectivity index (χ3v) is 3.68. The Hall–Kier alpha value is -1.47. The zero-order valence-corrected chi connectivity index (χ0v) is 11.1. The van der Waals surface area contributed by atoms with Crippen molar-refractivity contribution in [3.8, 4) is 0 Å². The molecule has 0 aliphatic heterocycles. The van der Waals surface area contributed by atoms with Crippen LogP contribution in [-0.4, -0.2) is 16.6 Å². The number of aryl methyl sites for hydroxylation is 1. The third-order valence-electron chi connectivity index (χ3n) is 2.78.